The van der Waals surface area contributed by atoms with E-state index < -0.39 is 23.1 Å². The summed E-state index contributed by atoms with van der Waals surface area (Å²) < 4.78 is 36.4. The third-order valence-electron chi connectivity index (χ3n) is 6.04. The zero-order valence-electron chi connectivity index (χ0n) is 20.0. The number of hydrogen-bond acceptors (Lipinski definition) is 6. The second-order valence-electron chi connectivity index (χ2n) is 8.34. The minimum Gasteiger partial charge on any atom is -0.383 e. The molecule has 3 aromatic rings. The highest BCUT2D eigenvalue weighted by Gasteiger charge is 2.37. The number of aromatic nitrogens is 4. The van der Waals surface area contributed by atoms with Gasteiger partial charge in [-0.3, -0.25) is 9.59 Å². The summed E-state index contributed by atoms with van der Waals surface area (Å²) in [5.41, 5.74) is 5.19. The molecule has 2 amide bonds. The maximum absolute atomic E-state index is 15.0. The Morgan fingerprint density at radius 1 is 1.42 bits per heavy atom. The van der Waals surface area contributed by atoms with Gasteiger partial charge >= 0.3 is 0 Å². The second kappa shape index (κ2) is 9.79. The van der Waals surface area contributed by atoms with E-state index in [0.717, 1.165) is 6.07 Å². The van der Waals surface area contributed by atoms with Crippen LogP contribution in [-0.2, 0) is 9.53 Å². The maximum atomic E-state index is 15.0. The van der Waals surface area contributed by atoms with Gasteiger partial charge in [0.05, 0.1) is 29.8 Å². The molecule has 3 heterocycles. The number of nitrogens with zero attached hydrogens (tertiary/aromatic N) is 4. The van der Waals surface area contributed by atoms with Crippen LogP contribution in [0.4, 0.5) is 14.6 Å². The fourth-order valence-corrected chi connectivity index (χ4v) is 4.51. The van der Waals surface area contributed by atoms with E-state index in [1.54, 1.807) is 18.9 Å². The molecule has 4 rings (SSSR count). The number of amides is 2. The second-order valence-corrected chi connectivity index (χ2v) is 8.34. The number of halogens is 2. The Balaban J connectivity index is 1.78. The van der Waals surface area contributed by atoms with E-state index in [-0.39, 0.29) is 52.6 Å². The third-order valence-corrected chi connectivity index (χ3v) is 6.04. The van der Waals surface area contributed by atoms with Gasteiger partial charge in [-0.25, -0.2) is 18.4 Å². The highest BCUT2D eigenvalue weighted by molar-refractivity contribution is 6.00. The molecule has 1 saturated heterocycles. The van der Waals surface area contributed by atoms with E-state index in [2.05, 4.69) is 38.8 Å². The Kier molecular flexibility index (Phi) is 6.76. The molecule has 0 saturated carbocycles. The van der Waals surface area contributed by atoms with Crippen LogP contribution in [-0.4, -0.2) is 69.8 Å². The molecule has 0 bridgehead atoms. The summed E-state index contributed by atoms with van der Waals surface area (Å²) in [7, 11) is 3.12. The molecule has 1 fully saturated rings. The normalized spacial score (nSPS) is 17.2. The summed E-state index contributed by atoms with van der Waals surface area (Å²) in [6.07, 6.45) is 1.70. The minimum atomic E-state index is -0.924. The lowest BCUT2D eigenvalue weighted by atomic mass is 10.1. The number of imidazole rings is 1. The number of carbonyl (C=O) groups is 2. The fraction of sp³-hybridized carbons (Fsp3) is 0.333. The largest absolute Gasteiger partial charge is 0.383 e. The molecule has 0 spiro atoms. The van der Waals surface area contributed by atoms with Crippen molar-refractivity contribution in [3.05, 3.63) is 53.0 Å². The van der Waals surface area contributed by atoms with Crippen molar-refractivity contribution in [1.82, 2.24) is 24.6 Å². The highest BCUT2D eigenvalue weighted by Crippen LogP contribution is 2.32. The van der Waals surface area contributed by atoms with Gasteiger partial charge < -0.3 is 25.7 Å². The molecule has 0 radical (unpaired) electrons. The van der Waals surface area contributed by atoms with Crippen LogP contribution >= 0.6 is 0 Å². The summed E-state index contributed by atoms with van der Waals surface area (Å²) in [5.74, 6) is 2.86. The number of hydrogen-bond donors (Lipinski definition) is 3. The molecule has 36 heavy (non-hydrogen) atoms. The standard InChI is InChI=1S/C24H25F2N7O3/c1-5-19(34)32-10-13(8-14(32)11-36-4)33-24(28-3)20(23(27)35)17(31-33)7-6-15-16(25)9-18-22(21(15)26)30-12(2)29-18/h5,9,13-14,28H,1,8,10-11H2,2-4H3,(H2,27,35)(H,29,30)/t13-,14+/m0/s1. The number of aryl methyl sites for hydroxylation is 1. The van der Waals surface area contributed by atoms with Gasteiger partial charge in [-0.05, 0) is 25.3 Å². The summed E-state index contributed by atoms with van der Waals surface area (Å²) in [6, 6.07) is 0.523. The van der Waals surface area contributed by atoms with E-state index in [1.165, 1.54) is 17.9 Å². The molecular formula is C24H25F2N7O3. The summed E-state index contributed by atoms with van der Waals surface area (Å²) >= 11 is 0. The summed E-state index contributed by atoms with van der Waals surface area (Å²) in [6.45, 7) is 5.75. The molecule has 1 aromatic carbocycles. The van der Waals surface area contributed by atoms with Crippen LogP contribution in [0.5, 0.6) is 0 Å². The van der Waals surface area contributed by atoms with Crippen LogP contribution in [0.25, 0.3) is 11.0 Å². The zero-order chi connectivity index (χ0) is 26.1. The quantitative estimate of drug-likeness (QED) is 0.352. The number of carbonyl (C=O) groups excluding carboxylic acids is 2. The summed E-state index contributed by atoms with van der Waals surface area (Å²) in [4.78, 5) is 33.1. The van der Waals surface area contributed by atoms with Crippen molar-refractivity contribution in [2.45, 2.75) is 25.4 Å². The number of fused-ring (bicyclic) bond motifs is 1. The van der Waals surface area contributed by atoms with Crippen LogP contribution in [0.2, 0.25) is 0 Å². The minimum absolute atomic E-state index is 0.0284. The number of likely N-dealkylation sites (tertiary alicyclic amines) is 1. The lowest BCUT2D eigenvalue weighted by Crippen LogP contribution is -2.37. The van der Waals surface area contributed by atoms with Crippen molar-refractivity contribution < 1.29 is 23.1 Å². The third kappa shape index (κ3) is 4.29. The Hall–Kier alpha value is -4.24. The van der Waals surface area contributed by atoms with Crippen LogP contribution in [0.3, 0.4) is 0 Å². The molecule has 0 unspecified atom stereocenters. The molecule has 2 aromatic heterocycles. The van der Waals surface area contributed by atoms with E-state index >= 15 is 0 Å². The van der Waals surface area contributed by atoms with E-state index in [4.69, 9.17) is 10.5 Å². The number of rotatable bonds is 6. The molecule has 4 N–H and O–H groups in total. The number of primary amides is 1. The first-order valence-corrected chi connectivity index (χ1v) is 11.1. The monoisotopic (exact) mass is 497 g/mol. The Morgan fingerprint density at radius 3 is 2.81 bits per heavy atom. The molecule has 12 heteroatoms. The zero-order valence-corrected chi connectivity index (χ0v) is 20.0. The van der Waals surface area contributed by atoms with Gasteiger partial charge in [0.1, 0.15) is 28.5 Å². The number of nitrogens with one attached hydrogen (secondary N) is 2. The van der Waals surface area contributed by atoms with Gasteiger partial charge in [-0.1, -0.05) is 12.5 Å². The van der Waals surface area contributed by atoms with Crippen molar-refractivity contribution in [2.24, 2.45) is 5.73 Å². The number of ether oxygens (including phenoxy) is 1. The topological polar surface area (TPSA) is 131 Å². The average molecular weight is 498 g/mol. The first-order valence-electron chi connectivity index (χ1n) is 11.1. The summed E-state index contributed by atoms with van der Waals surface area (Å²) in [5, 5.41) is 7.36. The lowest BCUT2D eigenvalue weighted by molar-refractivity contribution is -0.127. The van der Waals surface area contributed by atoms with Crippen LogP contribution in [0, 0.1) is 30.4 Å². The van der Waals surface area contributed by atoms with Crippen LogP contribution < -0.4 is 11.1 Å². The predicted molar refractivity (Wildman–Crippen MR) is 128 cm³/mol. The SMILES string of the molecule is C=CC(=O)N1C[C@@H](n2nc(C#Cc3c(F)cc4[nH]c(C)nc4c3F)c(C(N)=O)c2NC)C[C@@H]1COC. The molecule has 2 atom stereocenters. The van der Waals surface area contributed by atoms with Gasteiger partial charge in [0.2, 0.25) is 5.91 Å². The lowest BCUT2D eigenvalue weighted by Gasteiger charge is -2.22. The molecule has 1 aliphatic heterocycles. The molecular weight excluding hydrogens is 472 g/mol. The molecule has 188 valence electrons. The van der Waals surface area contributed by atoms with Crippen LogP contribution in [0.1, 0.15) is 39.9 Å². The van der Waals surface area contributed by atoms with Crippen molar-refractivity contribution in [1.29, 1.82) is 0 Å². The number of nitrogens with two attached hydrogens (primary N) is 1. The Morgan fingerprint density at radius 2 is 2.17 bits per heavy atom. The Labute approximate surface area is 205 Å². The van der Waals surface area contributed by atoms with Crippen molar-refractivity contribution in [2.75, 3.05) is 32.6 Å². The number of methoxy groups -OCH3 is 1. The van der Waals surface area contributed by atoms with Crippen molar-refractivity contribution in [3.8, 4) is 11.8 Å². The molecule has 10 nitrogen and oxygen atoms in total. The first kappa shape index (κ1) is 24.9. The average Bonchev–Trinajstić information content (AvgIpc) is 3.53. The maximum Gasteiger partial charge on any atom is 0.255 e. The molecule has 0 aliphatic carbocycles. The van der Waals surface area contributed by atoms with E-state index in [0.29, 0.717) is 18.9 Å². The van der Waals surface area contributed by atoms with Crippen molar-refractivity contribution in [3.63, 3.8) is 0 Å². The van der Waals surface area contributed by atoms with Gasteiger partial charge in [-0.2, -0.15) is 5.10 Å². The number of anilines is 1. The number of benzene rings is 1. The van der Waals surface area contributed by atoms with Gasteiger partial charge in [0.25, 0.3) is 5.91 Å². The smallest absolute Gasteiger partial charge is 0.255 e. The first-order chi connectivity index (χ1) is 17.2. The van der Waals surface area contributed by atoms with Gasteiger partial charge in [0.15, 0.2) is 11.5 Å². The number of H-pyrrole nitrogens is 1. The van der Waals surface area contributed by atoms with E-state index in [1.807, 2.05) is 0 Å². The van der Waals surface area contributed by atoms with Gasteiger partial charge in [-0.15, -0.1) is 0 Å². The highest BCUT2D eigenvalue weighted by atomic mass is 19.1. The Bertz CT molecular complexity index is 1430. The number of aromatic amines is 1. The van der Waals surface area contributed by atoms with E-state index in [9.17, 15) is 18.4 Å². The van der Waals surface area contributed by atoms with Crippen molar-refractivity contribution >= 4 is 28.7 Å². The van der Waals surface area contributed by atoms with Crippen LogP contribution in [0.15, 0.2) is 18.7 Å². The molecule has 1 aliphatic rings. The predicted octanol–water partition coefficient (Wildman–Crippen LogP) is 1.86. The fourth-order valence-electron chi connectivity index (χ4n) is 4.51. The van der Waals surface area contributed by atoms with Gasteiger partial charge in [0, 0.05) is 26.8 Å².